The Kier molecular flexibility index (Phi) is 1.40. The Bertz CT molecular complexity index is 397. The largest absolute Gasteiger partial charge is 0.454 e. The second kappa shape index (κ2) is 2.42. The first-order valence-electron chi connectivity index (χ1n) is 4.89. The van der Waals surface area contributed by atoms with E-state index in [1.54, 1.807) is 0 Å². The molecule has 1 fully saturated rings. The fraction of sp³-hybridized carbons (Fsp3) is 0.455. The van der Waals surface area contributed by atoms with Gasteiger partial charge in [-0.1, -0.05) is 6.07 Å². The van der Waals surface area contributed by atoms with Crippen LogP contribution in [0.2, 0.25) is 0 Å². The smallest absolute Gasteiger partial charge is 0.231 e. The molecule has 0 bridgehead atoms. The van der Waals surface area contributed by atoms with Crippen molar-refractivity contribution in [2.24, 2.45) is 5.73 Å². The molecule has 0 unspecified atom stereocenters. The van der Waals surface area contributed by atoms with E-state index in [1.165, 1.54) is 5.56 Å². The zero-order chi connectivity index (χ0) is 9.76. The van der Waals surface area contributed by atoms with Gasteiger partial charge >= 0.3 is 0 Å². The van der Waals surface area contributed by atoms with E-state index in [2.05, 4.69) is 6.07 Å². The number of hydrogen-bond donors (Lipinski definition) is 1. The van der Waals surface area contributed by atoms with Crippen LogP contribution in [0.5, 0.6) is 11.5 Å². The molecule has 1 heterocycles. The Labute approximate surface area is 82.8 Å². The summed E-state index contributed by atoms with van der Waals surface area (Å²) in [7, 11) is 0. The fourth-order valence-corrected chi connectivity index (χ4v) is 1.90. The zero-order valence-corrected chi connectivity index (χ0v) is 8.17. The maximum absolute atomic E-state index is 6.13. The van der Waals surface area contributed by atoms with Crippen LogP contribution in [0.1, 0.15) is 24.0 Å². The van der Waals surface area contributed by atoms with Gasteiger partial charge in [-0.2, -0.15) is 0 Å². The molecule has 0 radical (unpaired) electrons. The first kappa shape index (κ1) is 8.12. The van der Waals surface area contributed by atoms with E-state index >= 15 is 0 Å². The van der Waals surface area contributed by atoms with Crippen molar-refractivity contribution < 1.29 is 9.47 Å². The van der Waals surface area contributed by atoms with Gasteiger partial charge in [0.15, 0.2) is 11.5 Å². The Hall–Kier alpha value is -1.22. The van der Waals surface area contributed by atoms with E-state index < -0.39 is 0 Å². The van der Waals surface area contributed by atoms with E-state index in [0.717, 1.165) is 29.9 Å². The molecule has 3 nitrogen and oxygen atoms in total. The SMILES string of the molecule is Cc1cc(C2(N)CC2)cc2c1OCO2. The third kappa shape index (κ3) is 1.02. The summed E-state index contributed by atoms with van der Waals surface area (Å²) in [5, 5.41) is 0. The number of benzene rings is 1. The summed E-state index contributed by atoms with van der Waals surface area (Å²) >= 11 is 0. The molecule has 0 amide bonds. The van der Waals surface area contributed by atoms with E-state index in [4.69, 9.17) is 15.2 Å². The monoisotopic (exact) mass is 191 g/mol. The molecule has 14 heavy (non-hydrogen) atoms. The van der Waals surface area contributed by atoms with Gasteiger partial charge < -0.3 is 15.2 Å². The summed E-state index contributed by atoms with van der Waals surface area (Å²) in [6, 6.07) is 4.13. The average Bonchev–Trinajstić information content (AvgIpc) is 2.75. The first-order chi connectivity index (χ1) is 6.69. The Morgan fingerprint density at radius 3 is 2.79 bits per heavy atom. The molecule has 3 heteroatoms. The van der Waals surface area contributed by atoms with Crippen LogP contribution in [0, 0.1) is 6.92 Å². The normalized spacial score (nSPS) is 21.0. The van der Waals surface area contributed by atoms with Crippen LogP contribution in [0.25, 0.3) is 0 Å². The van der Waals surface area contributed by atoms with Gasteiger partial charge in [0.05, 0.1) is 0 Å². The highest BCUT2D eigenvalue weighted by molar-refractivity contribution is 5.52. The van der Waals surface area contributed by atoms with Gasteiger partial charge in [-0.25, -0.2) is 0 Å². The standard InChI is InChI=1S/C11H13NO2/c1-7-4-8(11(12)2-3-11)5-9-10(7)14-6-13-9/h4-5H,2-3,6,12H2,1H3. The lowest BCUT2D eigenvalue weighted by atomic mass is 10.0. The zero-order valence-electron chi connectivity index (χ0n) is 8.17. The number of ether oxygens (including phenoxy) is 2. The van der Waals surface area contributed by atoms with Gasteiger partial charge in [-0.15, -0.1) is 0 Å². The predicted molar refractivity (Wildman–Crippen MR) is 52.4 cm³/mol. The maximum atomic E-state index is 6.13. The minimum absolute atomic E-state index is 0.0915. The number of rotatable bonds is 1. The third-order valence-electron chi connectivity index (χ3n) is 3.02. The van der Waals surface area contributed by atoms with Crippen molar-refractivity contribution in [2.45, 2.75) is 25.3 Å². The molecule has 2 aliphatic rings. The first-order valence-corrected chi connectivity index (χ1v) is 4.89. The topological polar surface area (TPSA) is 44.5 Å². The lowest BCUT2D eigenvalue weighted by Gasteiger charge is -2.11. The van der Waals surface area contributed by atoms with Crippen LogP contribution in [-0.4, -0.2) is 6.79 Å². The van der Waals surface area contributed by atoms with Gasteiger partial charge in [0.2, 0.25) is 6.79 Å². The summed E-state index contributed by atoms with van der Waals surface area (Å²) < 4.78 is 10.7. The Balaban J connectivity index is 2.12. The molecular formula is C11H13NO2. The van der Waals surface area contributed by atoms with Crippen LogP contribution >= 0.6 is 0 Å². The molecule has 2 N–H and O–H groups in total. The molecule has 3 rings (SSSR count). The molecule has 0 aromatic heterocycles. The van der Waals surface area contributed by atoms with Crippen molar-refractivity contribution in [1.29, 1.82) is 0 Å². The van der Waals surface area contributed by atoms with E-state index in [9.17, 15) is 0 Å². The molecule has 1 aliphatic carbocycles. The fourth-order valence-electron chi connectivity index (χ4n) is 1.90. The molecule has 1 aromatic rings. The van der Waals surface area contributed by atoms with Crippen molar-refractivity contribution in [3.05, 3.63) is 23.3 Å². The van der Waals surface area contributed by atoms with Crippen molar-refractivity contribution in [1.82, 2.24) is 0 Å². The lowest BCUT2D eigenvalue weighted by molar-refractivity contribution is 0.173. The molecule has 74 valence electrons. The maximum Gasteiger partial charge on any atom is 0.231 e. The summed E-state index contributed by atoms with van der Waals surface area (Å²) in [5.74, 6) is 1.72. The molecule has 1 aliphatic heterocycles. The number of nitrogens with two attached hydrogens (primary N) is 1. The highest BCUT2D eigenvalue weighted by Crippen LogP contribution is 2.47. The Morgan fingerprint density at radius 1 is 1.29 bits per heavy atom. The van der Waals surface area contributed by atoms with E-state index in [-0.39, 0.29) is 5.54 Å². The highest BCUT2D eigenvalue weighted by Gasteiger charge is 2.41. The quantitative estimate of drug-likeness (QED) is 0.734. The van der Waals surface area contributed by atoms with Crippen molar-refractivity contribution in [2.75, 3.05) is 6.79 Å². The van der Waals surface area contributed by atoms with Crippen LogP contribution < -0.4 is 15.2 Å². The second-order valence-electron chi connectivity index (χ2n) is 4.18. The van der Waals surface area contributed by atoms with Gasteiger partial charge in [0.1, 0.15) is 0 Å². The van der Waals surface area contributed by atoms with Crippen LogP contribution in [0.4, 0.5) is 0 Å². The van der Waals surface area contributed by atoms with Gasteiger partial charge in [-0.3, -0.25) is 0 Å². The van der Waals surface area contributed by atoms with Crippen molar-refractivity contribution >= 4 is 0 Å². The van der Waals surface area contributed by atoms with Gasteiger partial charge in [-0.05, 0) is 37.0 Å². The van der Waals surface area contributed by atoms with Crippen LogP contribution in [-0.2, 0) is 5.54 Å². The summed E-state index contributed by atoms with van der Waals surface area (Å²) in [6.07, 6.45) is 2.15. The van der Waals surface area contributed by atoms with E-state index in [1.807, 2.05) is 13.0 Å². The van der Waals surface area contributed by atoms with Gasteiger partial charge in [0.25, 0.3) is 0 Å². The third-order valence-corrected chi connectivity index (χ3v) is 3.02. The Morgan fingerprint density at radius 2 is 2.07 bits per heavy atom. The summed E-state index contributed by atoms with van der Waals surface area (Å²) in [6.45, 7) is 2.36. The lowest BCUT2D eigenvalue weighted by Crippen LogP contribution is -2.18. The predicted octanol–water partition coefficient (Wildman–Crippen LogP) is 1.67. The van der Waals surface area contributed by atoms with Crippen molar-refractivity contribution in [3.8, 4) is 11.5 Å². The average molecular weight is 191 g/mol. The number of hydrogen-bond acceptors (Lipinski definition) is 3. The highest BCUT2D eigenvalue weighted by atomic mass is 16.7. The second-order valence-corrected chi connectivity index (χ2v) is 4.18. The molecule has 1 saturated carbocycles. The van der Waals surface area contributed by atoms with Crippen molar-refractivity contribution in [3.63, 3.8) is 0 Å². The molecule has 0 spiro atoms. The number of aryl methyl sites for hydroxylation is 1. The van der Waals surface area contributed by atoms with Gasteiger partial charge in [0, 0.05) is 5.54 Å². The molecule has 0 atom stereocenters. The summed E-state index contributed by atoms with van der Waals surface area (Å²) in [4.78, 5) is 0. The summed E-state index contributed by atoms with van der Waals surface area (Å²) in [5.41, 5.74) is 8.34. The number of fused-ring (bicyclic) bond motifs is 1. The molecular weight excluding hydrogens is 178 g/mol. The molecule has 1 aromatic carbocycles. The molecule has 0 saturated heterocycles. The van der Waals surface area contributed by atoms with Crippen LogP contribution in [0.3, 0.4) is 0 Å². The van der Waals surface area contributed by atoms with E-state index in [0.29, 0.717) is 6.79 Å². The van der Waals surface area contributed by atoms with Crippen LogP contribution in [0.15, 0.2) is 12.1 Å². The minimum Gasteiger partial charge on any atom is -0.454 e. The minimum atomic E-state index is -0.0915.